The van der Waals surface area contributed by atoms with Gasteiger partial charge in [-0.3, -0.25) is 4.98 Å². The summed E-state index contributed by atoms with van der Waals surface area (Å²) in [5, 5.41) is 1.07. The van der Waals surface area contributed by atoms with Crippen LogP contribution in [0.25, 0.3) is 56.1 Å². The number of hydrogen-bond donors (Lipinski definition) is 0. The van der Waals surface area contributed by atoms with Crippen molar-refractivity contribution in [2.75, 3.05) is 0 Å². The average molecular weight is 566 g/mol. The molecule has 0 saturated heterocycles. The number of allylic oxidation sites excluding steroid dienone is 4. The molecule has 0 N–H and O–H groups in total. The van der Waals surface area contributed by atoms with E-state index in [1.54, 1.807) is 0 Å². The van der Waals surface area contributed by atoms with E-state index in [1.165, 1.54) is 5.71 Å². The quantitative estimate of drug-likeness (QED) is 0.201. The second kappa shape index (κ2) is 9.78. The van der Waals surface area contributed by atoms with Gasteiger partial charge in [-0.25, -0.2) is 15.0 Å². The Balaban J connectivity index is 1.28. The molecule has 9 rings (SSSR count). The molecule has 4 aromatic carbocycles. The molecular weight excluding hydrogens is 540 g/mol. The van der Waals surface area contributed by atoms with Gasteiger partial charge in [-0.15, -0.1) is 0 Å². The predicted octanol–water partition coefficient (Wildman–Crippen LogP) is 8.33. The van der Waals surface area contributed by atoms with Crippen molar-refractivity contribution >= 4 is 39.0 Å². The molecule has 0 amide bonds. The van der Waals surface area contributed by atoms with Crippen LogP contribution in [0, 0.1) is 0 Å². The summed E-state index contributed by atoms with van der Waals surface area (Å²) in [4.78, 5) is 19.8. The highest BCUT2D eigenvalue weighted by atomic mass is 15.2. The Bertz CT molecular complexity index is 2260. The zero-order chi connectivity index (χ0) is 29.0. The number of hydrogen-bond acceptors (Lipinski definition) is 4. The van der Waals surface area contributed by atoms with E-state index in [0.717, 1.165) is 50.0 Å². The van der Waals surface area contributed by atoms with Crippen LogP contribution in [0.4, 0.5) is 11.4 Å². The van der Waals surface area contributed by atoms with Gasteiger partial charge < -0.3 is 4.57 Å². The molecule has 44 heavy (non-hydrogen) atoms. The van der Waals surface area contributed by atoms with Crippen molar-refractivity contribution in [3.05, 3.63) is 146 Å². The Labute approximate surface area is 253 Å². The van der Waals surface area contributed by atoms with E-state index in [9.17, 15) is 0 Å². The fraction of sp³-hybridized carbons (Fsp3) is 0.0263. The van der Waals surface area contributed by atoms with Gasteiger partial charge in [0.15, 0.2) is 17.5 Å². The number of aromatic nitrogens is 5. The van der Waals surface area contributed by atoms with Gasteiger partial charge in [0.05, 0.1) is 5.52 Å². The molecule has 1 unspecified atom stereocenters. The maximum Gasteiger partial charge on any atom is 0.239 e. The molecule has 1 atom stereocenters. The van der Waals surface area contributed by atoms with Crippen LogP contribution < -0.4 is 4.58 Å². The summed E-state index contributed by atoms with van der Waals surface area (Å²) in [6.45, 7) is 0. The second-order valence-electron chi connectivity index (χ2n) is 11.0. The molecule has 0 saturated carbocycles. The lowest BCUT2D eigenvalue weighted by Crippen LogP contribution is -2.30. The van der Waals surface area contributed by atoms with Crippen LogP contribution in [0.15, 0.2) is 146 Å². The summed E-state index contributed by atoms with van der Waals surface area (Å²) >= 11 is 0. The maximum absolute atomic E-state index is 4.98. The van der Waals surface area contributed by atoms with Crippen LogP contribution in [-0.4, -0.2) is 30.2 Å². The Morgan fingerprint density at radius 1 is 0.614 bits per heavy atom. The van der Waals surface area contributed by atoms with Crippen LogP contribution in [0.3, 0.4) is 0 Å². The van der Waals surface area contributed by atoms with Crippen LogP contribution in [0.2, 0.25) is 0 Å². The van der Waals surface area contributed by atoms with Crippen LogP contribution in [-0.2, 0) is 0 Å². The van der Waals surface area contributed by atoms with E-state index in [1.807, 2.05) is 66.9 Å². The van der Waals surface area contributed by atoms with E-state index in [2.05, 4.69) is 88.0 Å². The predicted molar refractivity (Wildman–Crippen MR) is 177 cm³/mol. The first-order valence-electron chi connectivity index (χ1n) is 14.7. The molecule has 4 heterocycles. The van der Waals surface area contributed by atoms with Crippen molar-refractivity contribution in [3.63, 3.8) is 0 Å². The Morgan fingerprint density at radius 3 is 1.93 bits per heavy atom. The van der Waals surface area contributed by atoms with Gasteiger partial charge >= 0.3 is 0 Å². The minimum Gasteiger partial charge on any atom is -0.316 e. The third-order valence-electron chi connectivity index (χ3n) is 8.38. The number of para-hydroxylation sites is 1. The Morgan fingerprint density at radius 2 is 1.25 bits per heavy atom. The molecule has 1 aliphatic heterocycles. The number of benzene rings is 4. The van der Waals surface area contributed by atoms with Crippen LogP contribution >= 0.6 is 0 Å². The van der Waals surface area contributed by atoms with Crippen LogP contribution in [0.5, 0.6) is 0 Å². The molecule has 0 spiro atoms. The number of rotatable bonds is 4. The normalized spacial score (nSPS) is 15.2. The van der Waals surface area contributed by atoms with E-state index in [0.29, 0.717) is 17.5 Å². The molecule has 1 aliphatic carbocycles. The summed E-state index contributed by atoms with van der Waals surface area (Å²) in [6.07, 6.45) is 10.6. The van der Waals surface area contributed by atoms with Crippen molar-refractivity contribution in [1.82, 2.24) is 29.1 Å². The van der Waals surface area contributed by atoms with Crippen molar-refractivity contribution < 1.29 is 0 Å². The fourth-order valence-corrected chi connectivity index (χ4v) is 6.43. The molecule has 0 bridgehead atoms. The highest BCUT2D eigenvalue weighted by Gasteiger charge is 2.37. The lowest BCUT2D eigenvalue weighted by atomic mass is 10.0. The zero-order valence-electron chi connectivity index (χ0n) is 23.6. The highest BCUT2D eigenvalue weighted by Crippen LogP contribution is 2.43. The third kappa shape index (κ3) is 3.78. The van der Waals surface area contributed by atoms with Gasteiger partial charge in [0.25, 0.3) is 0 Å². The van der Waals surface area contributed by atoms with Crippen molar-refractivity contribution in [1.29, 1.82) is 0 Å². The van der Waals surface area contributed by atoms with Crippen molar-refractivity contribution in [2.45, 2.75) is 6.04 Å². The summed E-state index contributed by atoms with van der Waals surface area (Å²) in [6, 6.07) is 39.3. The highest BCUT2D eigenvalue weighted by molar-refractivity contribution is 6.17. The minimum atomic E-state index is 0.0364. The van der Waals surface area contributed by atoms with Crippen LogP contribution in [0.1, 0.15) is 6.04 Å². The number of pyridine rings is 1. The summed E-state index contributed by atoms with van der Waals surface area (Å²) in [5.41, 5.74) is 9.46. The summed E-state index contributed by atoms with van der Waals surface area (Å²) in [5.74, 6) is 1.92. The van der Waals surface area contributed by atoms with E-state index < -0.39 is 0 Å². The molecule has 7 aromatic rings. The smallest absolute Gasteiger partial charge is 0.239 e. The van der Waals surface area contributed by atoms with Gasteiger partial charge in [-0.1, -0.05) is 97.1 Å². The van der Waals surface area contributed by atoms with Gasteiger partial charge in [0.1, 0.15) is 17.1 Å². The fourth-order valence-electron chi connectivity index (χ4n) is 6.43. The maximum atomic E-state index is 4.98. The van der Waals surface area contributed by atoms with Gasteiger partial charge in [0, 0.05) is 52.5 Å². The SMILES string of the molecule is C1=CC2=[N+](c3ccccc3)c3ccnc4c5cc(-c6nc(-c7ccccc7)nc(-c7ccccc7)n6)ccc5n(c34)C2C=C1. The molecule has 0 fully saturated rings. The molecular formula is C38H25N6+. The first kappa shape index (κ1) is 24.6. The molecule has 0 radical (unpaired) electrons. The van der Waals surface area contributed by atoms with E-state index in [-0.39, 0.29) is 6.04 Å². The summed E-state index contributed by atoms with van der Waals surface area (Å²) < 4.78 is 4.78. The first-order chi connectivity index (χ1) is 21.8. The van der Waals surface area contributed by atoms with Gasteiger partial charge in [-0.2, -0.15) is 4.58 Å². The molecule has 3 aromatic heterocycles. The molecule has 6 heteroatoms. The topological polar surface area (TPSA) is 59.5 Å². The van der Waals surface area contributed by atoms with Gasteiger partial charge in [-0.05, 0) is 18.2 Å². The lowest BCUT2D eigenvalue weighted by molar-refractivity contribution is 0.780. The monoisotopic (exact) mass is 565 g/mol. The van der Waals surface area contributed by atoms with Gasteiger partial charge in [0.2, 0.25) is 17.1 Å². The standard InChI is InChI=1S/C38H25N6/c1-4-12-25(13-5-1)36-40-37(26-14-6-2-7-15-26)42-38(41-36)27-20-21-30-29(24-27)34-35-33(22-23-39-34)43(28-16-8-3-9-17-28)31-18-10-11-19-32(31)44(30)35/h1-24,32H/q+1. The summed E-state index contributed by atoms with van der Waals surface area (Å²) in [7, 11) is 0. The Kier molecular flexibility index (Phi) is 5.46. The lowest BCUT2D eigenvalue weighted by Gasteiger charge is -2.24. The largest absolute Gasteiger partial charge is 0.316 e. The minimum absolute atomic E-state index is 0.0364. The second-order valence-corrected chi connectivity index (χ2v) is 11.0. The molecule has 2 aliphatic rings. The van der Waals surface area contributed by atoms with Crippen molar-refractivity contribution in [2.24, 2.45) is 0 Å². The first-order valence-corrected chi connectivity index (χ1v) is 14.7. The van der Waals surface area contributed by atoms with Crippen molar-refractivity contribution in [3.8, 4) is 34.2 Å². The number of nitrogens with zero attached hydrogens (tertiary/aromatic N) is 6. The van der Waals surface area contributed by atoms with E-state index >= 15 is 0 Å². The van der Waals surface area contributed by atoms with E-state index in [4.69, 9.17) is 19.9 Å². The molecule has 206 valence electrons. The zero-order valence-corrected chi connectivity index (χ0v) is 23.6. The molecule has 6 nitrogen and oxygen atoms in total. The Hall–Kier alpha value is -6.01. The third-order valence-corrected chi connectivity index (χ3v) is 8.38. The average Bonchev–Trinajstić information content (AvgIpc) is 3.44. The number of fused-ring (bicyclic) bond motifs is 5.